The van der Waals surface area contributed by atoms with E-state index in [2.05, 4.69) is 4.52 Å². The van der Waals surface area contributed by atoms with Crippen LogP contribution in [0.25, 0.3) is 0 Å². The summed E-state index contributed by atoms with van der Waals surface area (Å²) in [6.45, 7) is 0.962. The molecule has 8 N–H and O–H groups in total. The number of hydrogen-bond donors (Lipinski definition) is 6. The molecule has 2 aliphatic rings. The van der Waals surface area contributed by atoms with Gasteiger partial charge in [-0.25, -0.2) is 9.36 Å². The first-order valence-electron chi connectivity index (χ1n) is 6.99. The molecule has 0 radical (unpaired) electrons. The summed E-state index contributed by atoms with van der Waals surface area (Å²) in [6, 6.07) is -1.67. The number of thioether (sulfide) groups is 1. The molecule has 2 heterocycles. The maximum atomic E-state index is 11.8. The number of aliphatic hydroxyl groups is 1. The van der Waals surface area contributed by atoms with Crippen molar-refractivity contribution >= 4 is 37.4 Å². The summed E-state index contributed by atoms with van der Waals surface area (Å²) in [6.07, 6.45) is -5.46. The Morgan fingerprint density at radius 2 is 1.92 bits per heavy atom. The lowest BCUT2D eigenvalue weighted by Gasteiger charge is -2.55. The Hall–Kier alpha value is -1.25. The predicted octanol–water partition coefficient (Wildman–Crippen LogP) is -3.13. The zero-order chi connectivity index (χ0) is 20.1. The molecule has 2 aliphatic heterocycles. The molecule has 0 unspecified atom stereocenters. The average Bonchev–Trinajstić information content (AvgIpc) is 2.48. The third-order valence-electron chi connectivity index (χ3n) is 3.98. The molecular formula is C11H17N2O11PS. The number of carboxylic acid groups (broad SMARTS) is 1. The standard InChI is InChI=1S/C11H17N2O11PS/c1-3(14)22-5-4(12)6(24-25(19,20)21)10(9(16)17)2-26-11(18,8(13)15)7(5)23-10/h4-7,18H,2,12H2,1H3,(H2,13,15)(H,16,17)(H2,19,20,21)/t4-,5-,6-,7+,10+,11-/m0/s1. The number of carbonyl (C=O) groups is 3. The summed E-state index contributed by atoms with van der Waals surface area (Å²) in [4.78, 5) is 50.5. The van der Waals surface area contributed by atoms with Crippen LogP contribution in [0.5, 0.6) is 0 Å². The van der Waals surface area contributed by atoms with E-state index in [1.54, 1.807) is 0 Å². The van der Waals surface area contributed by atoms with Crippen molar-refractivity contribution in [1.82, 2.24) is 0 Å². The van der Waals surface area contributed by atoms with Crippen molar-refractivity contribution < 1.29 is 52.9 Å². The number of carboxylic acids is 1. The van der Waals surface area contributed by atoms with Crippen molar-refractivity contribution in [2.45, 2.75) is 41.8 Å². The Morgan fingerprint density at radius 1 is 1.35 bits per heavy atom. The number of ether oxygens (including phenoxy) is 2. The zero-order valence-electron chi connectivity index (χ0n) is 13.2. The van der Waals surface area contributed by atoms with Gasteiger partial charge in [0.15, 0.2) is 0 Å². The van der Waals surface area contributed by atoms with E-state index in [-0.39, 0.29) is 0 Å². The minimum atomic E-state index is -5.24. The number of phosphoric ester groups is 1. The van der Waals surface area contributed by atoms with Crippen molar-refractivity contribution in [2.24, 2.45) is 11.5 Å². The van der Waals surface area contributed by atoms with E-state index in [1.807, 2.05) is 0 Å². The molecular weight excluding hydrogens is 399 g/mol. The first-order chi connectivity index (χ1) is 11.7. The second-order valence-electron chi connectivity index (χ2n) is 5.75. The van der Waals surface area contributed by atoms with Gasteiger partial charge < -0.3 is 40.9 Å². The van der Waals surface area contributed by atoms with Crippen molar-refractivity contribution in [3.8, 4) is 0 Å². The van der Waals surface area contributed by atoms with Crippen LogP contribution in [-0.2, 0) is 32.9 Å². The fraction of sp³-hybridized carbons (Fsp3) is 0.727. The van der Waals surface area contributed by atoms with Crippen molar-refractivity contribution in [3.63, 3.8) is 0 Å². The first-order valence-corrected chi connectivity index (χ1v) is 9.50. The van der Waals surface area contributed by atoms with Crippen LogP contribution in [0.4, 0.5) is 0 Å². The molecule has 2 fully saturated rings. The Bertz CT molecular complexity index is 685. The minimum absolute atomic E-state index is 0.351. The van der Waals surface area contributed by atoms with Crippen LogP contribution in [0.2, 0.25) is 0 Å². The molecule has 0 saturated carbocycles. The number of rotatable bonds is 5. The van der Waals surface area contributed by atoms with Crippen LogP contribution in [0.3, 0.4) is 0 Å². The largest absolute Gasteiger partial charge is 0.479 e. The molecule has 26 heavy (non-hydrogen) atoms. The van der Waals surface area contributed by atoms with Gasteiger partial charge in [0.05, 0.1) is 6.04 Å². The third kappa shape index (κ3) is 3.46. The average molecular weight is 416 g/mol. The number of aliphatic carboxylic acids is 1. The number of esters is 1. The number of phosphoric acid groups is 1. The summed E-state index contributed by atoms with van der Waals surface area (Å²) in [7, 11) is -5.24. The maximum Gasteiger partial charge on any atom is 0.470 e. The van der Waals surface area contributed by atoms with E-state index < -0.39 is 66.3 Å². The van der Waals surface area contributed by atoms with Crippen LogP contribution < -0.4 is 11.5 Å². The fourth-order valence-electron chi connectivity index (χ4n) is 2.84. The van der Waals surface area contributed by atoms with Gasteiger partial charge in [-0.3, -0.25) is 14.1 Å². The quantitative estimate of drug-likeness (QED) is 0.192. The van der Waals surface area contributed by atoms with Gasteiger partial charge >= 0.3 is 19.8 Å². The summed E-state index contributed by atoms with van der Waals surface area (Å²) >= 11 is 0.351. The topological polar surface area (TPSA) is 229 Å². The van der Waals surface area contributed by atoms with Gasteiger partial charge in [0.25, 0.3) is 5.91 Å². The molecule has 0 aliphatic carbocycles. The van der Waals surface area contributed by atoms with Gasteiger partial charge in [0.1, 0.15) is 18.3 Å². The van der Waals surface area contributed by atoms with Crippen LogP contribution in [0.1, 0.15) is 6.92 Å². The Balaban J connectivity index is 2.58. The second-order valence-corrected chi connectivity index (χ2v) is 8.14. The van der Waals surface area contributed by atoms with E-state index in [0.717, 1.165) is 6.92 Å². The molecule has 2 rings (SSSR count). The number of amides is 1. The van der Waals surface area contributed by atoms with Crippen molar-refractivity contribution in [3.05, 3.63) is 0 Å². The van der Waals surface area contributed by atoms with Gasteiger partial charge in [-0.15, -0.1) is 11.8 Å². The molecule has 1 amide bonds. The van der Waals surface area contributed by atoms with Gasteiger partial charge in [-0.1, -0.05) is 0 Å². The third-order valence-corrected chi connectivity index (χ3v) is 5.93. The highest BCUT2D eigenvalue weighted by atomic mass is 32.2. The minimum Gasteiger partial charge on any atom is -0.479 e. The molecule has 2 bridgehead atoms. The van der Waals surface area contributed by atoms with E-state index in [9.17, 15) is 29.2 Å². The van der Waals surface area contributed by atoms with Crippen LogP contribution >= 0.6 is 19.6 Å². The zero-order valence-corrected chi connectivity index (χ0v) is 14.9. The molecule has 0 spiro atoms. The van der Waals surface area contributed by atoms with E-state index in [0.29, 0.717) is 11.8 Å². The normalized spacial score (nSPS) is 39.9. The highest BCUT2D eigenvalue weighted by Gasteiger charge is 2.70. The van der Waals surface area contributed by atoms with E-state index in [1.165, 1.54) is 0 Å². The van der Waals surface area contributed by atoms with Gasteiger partial charge in [0.2, 0.25) is 10.5 Å². The Morgan fingerprint density at radius 3 is 2.35 bits per heavy atom. The molecule has 0 aromatic heterocycles. The van der Waals surface area contributed by atoms with E-state index >= 15 is 0 Å². The molecule has 0 aromatic carbocycles. The highest BCUT2D eigenvalue weighted by Crippen LogP contribution is 2.51. The molecule has 2 saturated heterocycles. The Labute approximate surface area is 150 Å². The summed E-state index contributed by atoms with van der Waals surface area (Å²) < 4.78 is 26.0. The summed E-state index contributed by atoms with van der Waals surface area (Å²) in [5, 5.41) is 20.1. The monoisotopic (exact) mass is 416 g/mol. The highest BCUT2D eigenvalue weighted by molar-refractivity contribution is 8.01. The van der Waals surface area contributed by atoms with Gasteiger partial charge in [-0.05, 0) is 0 Å². The van der Waals surface area contributed by atoms with Crippen LogP contribution in [-0.4, -0.2) is 78.5 Å². The number of fused-ring (bicyclic) bond motifs is 2. The summed E-state index contributed by atoms with van der Waals surface area (Å²) in [5.41, 5.74) is 8.57. The van der Waals surface area contributed by atoms with Crippen LogP contribution in [0.15, 0.2) is 0 Å². The molecule has 6 atom stereocenters. The Kier molecular flexibility index (Phi) is 5.45. The fourth-order valence-corrected chi connectivity index (χ4v) is 4.73. The summed E-state index contributed by atoms with van der Waals surface area (Å²) in [5.74, 6) is -4.63. The molecule has 0 aromatic rings. The molecule has 15 heteroatoms. The number of nitrogens with two attached hydrogens (primary N) is 2. The number of carbonyl (C=O) groups excluding carboxylic acids is 2. The lowest BCUT2D eigenvalue weighted by molar-refractivity contribution is -0.258. The lowest BCUT2D eigenvalue weighted by atomic mass is 9.82. The lowest BCUT2D eigenvalue weighted by Crippen LogP contribution is -2.79. The predicted molar refractivity (Wildman–Crippen MR) is 82.3 cm³/mol. The molecule has 148 valence electrons. The smallest absolute Gasteiger partial charge is 0.470 e. The second kappa shape index (κ2) is 6.73. The number of hydrogen-bond acceptors (Lipinski definition) is 10. The van der Waals surface area contributed by atoms with Crippen molar-refractivity contribution in [2.75, 3.05) is 5.75 Å². The van der Waals surface area contributed by atoms with Crippen molar-refractivity contribution in [1.29, 1.82) is 0 Å². The SMILES string of the molecule is CC(=O)O[C@H]1[C@H](N)[C@H](OP(=O)(O)O)[C@@]2(C(=O)O)CS[C@](O)(C(N)=O)[C@@H]1O2. The van der Waals surface area contributed by atoms with Gasteiger partial charge in [0, 0.05) is 12.7 Å². The van der Waals surface area contributed by atoms with Crippen LogP contribution in [0, 0.1) is 0 Å². The van der Waals surface area contributed by atoms with Gasteiger partial charge in [-0.2, -0.15) is 0 Å². The molecule has 13 nitrogen and oxygen atoms in total. The van der Waals surface area contributed by atoms with E-state index in [4.69, 9.17) is 30.7 Å². The number of primary amides is 1. The maximum absolute atomic E-state index is 11.8. The first kappa shape index (κ1) is 21.1.